The van der Waals surface area contributed by atoms with Gasteiger partial charge in [-0.05, 0) is 121 Å². The Hall–Kier alpha value is -4.70. The fraction of sp³-hybridized carbons (Fsp3) is 0.739. The predicted molar refractivity (Wildman–Crippen MR) is 329 cm³/mol. The van der Waals surface area contributed by atoms with E-state index in [1.165, 1.54) is 19.1 Å². The van der Waals surface area contributed by atoms with Crippen molar-refractivity contribution in [3.63, 3.8) is 0 Å². The van der Waals surface area contributed by atoms with Crippen molar-refractivity contribution in [2.45, 2.75) is 248 Å². The number of carbonyl (C=O) groups is 4. The lowest BCUT2D eigenvalue weighted by Gasteiger charge is -2.72. The molecule has 11 rings (SSSR count). The van der Waals surface area contributed by atoms with Gasteiger partial charge in [-0.3, -0.25) is 4.79 Å². The van der Waals surface area contributed by atoms with Gasteiger partial charge in [0.15, 0.2) is 43.5 Å². The summed E-state index contributed by atoms with van der Waals surface area (Å²) in [5.41, 5.74) is -3.76. The van der Waals surface area contributed by atoms with Crippen molar-refractivity contribution in [3.05, 3.63) is 83.4 Å². The molecule has 0 bridgehead atoms. The Labute approximate surface area is 556 Å². The van der Waals surface area contributed by atoms with Gasteiger partial charge >= 0.3 is 23.9 Å². The van der Waals surface area contributed by atoms with E-state index in [0.717, 1.165) is 5.57 Å². The molecule has 27 heteroatoms. The number of esters is 3. The van der Waals surface area contributed by atoms with Crippen LogP contribution >= 0.6 is 0 Å². The van der Waals surface area contributed by atoms with Crippen molar-refractivity contribution in [2.24, 2.45) is 50.2 Å². The van der Waals surface area contributed by atoms with E-state index >= 15 is 0 Å². The van der Waals surface area contributed by atoms with Crippen molar-refractivity contribution in [1.82, 2.24) is 0 Å². The third-order valence-corrected chi connectivity index (χ3v) is 24.1. The molecular weight excluding hydrogens is 1260 g/mol. The SMILES string of the molecule is CC(=O)O[C@H]1[C@H](O[C@@H]2O[C@@H](C)[C@H](OC(=O)c3ccccc3)[C@@H](OC(=O)c3ccccc3)[C@H]2O)C(C)(C)C[C@H]2C3=CC[C@@H]4[C@@]5(C)CC[C@H](O[C@@H]6O[C@H](C(=O)O)[C@@H](O)[C@H](O[C@@H]7OC[C@@H](O)[C@H](O)[C@H]7O)[C@H]6O[C@@H]6O[C@H](CO)[C@H](O)[C@H](O)[C@H]6O)C(C)(C)[C@@H]5CC[C@@]4(C)[C@]3(C)C[C@@H](O)[C@]21CO. The normalized spacial score (nSPS) is 46.5. The average molecular weight is 1360 g/mol. The summed E-state index contributed by atoms with van der Waals surface area (Å²) in [4.78, 5) is 54.0. The Morgan fingerprint density at radius 3 is 1.79 bits per heavy atom. The Morgan fingerprint density at radius 1 is 0.583 bits per heavy atom. The number of carbonyl (C=O) groups excluding carboxylic acids is 3. The molecule has 0 amide bonds. The molecular formula is C69H96O27. The highest BCUT2D eigenvalue weighted by atomic mass is 16.8. The van der Waals surface area contributed by atoms with Crippen LogP contribution in [0.25, 0.3) is 0 Å². The highest BCUT2D eigenvalue weighted by Gasteiger charge is 2.74. The van der Waals surface area contributed by atoms with Gasteiger partial charge in [0, 0.05) is 6.92 Å². The maximum Gasteiger partial charge on any atom is 0.338 e. The number of hydrogen-bond acceptors (Lipinski definition) is 26. The molecule has 0 spiro atoms. The van der Waals surface area contributed by atoms with E-state index in [0.29, 0.717) is 32.1 Å². The van der Waals surface area contributed by atoms with Crippen LogP contribution in [0.4, 0.5) is 0 Å². The van der Waals surface area contributed by atoms with Gasteiger partial charge < -0.3 is 113 Å². The summed E-state index contributed by atoms with van der Waals surface area (Å²) in [6, 6.07) is 16.2. The third kappa shape index (κ3) is 12.4. The lowest BCUT2D eigenvalue weighted by molar-refractivity contribution is -0.392. The van der Waals surface area contributed by atoms with Crippen molar-refractivity contribution >= 4 is 23.9 Å². The molecule has 4 heterocycles. The minimum atomic E-state index is -2.14. The van der Waals surface area contributed by atoms with Crippen LogP contribution in [0.3, 0.4) is 0 Å². The highest BCUT2D eigenvalue weighted by Crippen LogP contribution is 2.76. The van der Waals surface area contributed by atoms with E-state index in [2.05, 4.69) is 26.8 Å². The lowest BCUT2D eigenvalue weighted by Crippen LogP contribution is -2.73. The van der Waals surface area contributed by atoms with Gasteiger partial charge in [-0.2, -0.15) is 0 Å². The zero-order valence-electron chi connectivity index (χ0n) is 55.4. The summed E-state index contributed by atoms with van der Waals surface area (Å²) in [6.45, 7) is 15.3. The van der Waals surface area contributed by atoms with Crippen LogP contribution in [0, 0.1) is 50.2 Å². The number of aliphatic hydroxyl groups excluding tert-OH is 11. The first-order chi connectivity index (χ1) is 45.2. The molecule has 2 aromatic rings. The van der Waals surface area contributed by atoms with E-state index in [4.69, 9.17) is 52.1 Å². The Bertz CT molecular complexity index is 3130. The number of benzene rings is 2. The Balaban J connectivity index is 0.875. The molecule has 0 unspecified atom stereocenters. The number of ether oxygens (including phenoxy) is 11. The van der Waals surface area contributed by atoms with Crippen LogP contribution in [-0.2, 0) is 61.7 Å². The molecule has 4 saturated heterocycles. The van der Waals surface area contributed by atoms with Gasteiger partial charge in [0.05, 0.1) is 54.7 Å². The van der Waals surface area contributed by atoms with Gasteiger partial charge in [-0.25, -0.2) is 14.4 Å². The Kier molecular flexibility index (Phi) is 20.7. The Morgan fingerprint density at radius 2 is 1.19 bits per heavy atom. The minimum absolute atomic E-state index is 0.0523. The zero-order chi connectivity index (χ0) is 69.7. The van der Waals surface area contributed by atoms with E-state index in [9.17, 15) is 80.5 Å². The molecule has 4 aliphatic heterocycles. The number of carboxylic acid groups (broad SMARTS) is 1. The molecule has 12 N–H and O–H groups in total. The number of carboxylic acids is 1. The molecule has 8 fully saturated rings. The lowest BCUT2D eigenvalue weighted by atomic mass is 9.33. The number of aliphatic hydroxyl groups is 11. The van der Waals surface area contributed by atoms with E-state index in [1.807, 2.05) is 27.7 Å². The summed E-state index contributed by atoms with van der Waals surface area (Å²) in [7, 11) is 0. The van der Waals surface area contributed by atoms with Crippen LogP contribution in [0.15, 0.2) is 72.3 Å². The topological polar surface area (TPSA) is 413 Å². The van der Waals surface area contributed by atoms with Gasteiger partial charge in [0.25, 0.3) is 0 Å². The zero-order valence-corrected chi connectivity index (χ0v) is 55.4. The minimum Gasteiger partial charge on any atom is -0.479 e. The van der Waals surface area contributed by atoms with Crippen LogP contribution in [0.2, 0.25) is 0 Å². The number of aliphatic carboxylic acids is 1. The van der Waals surface area contributed by atoms with Crippen molar-refractivity contribution in [2.75, 3.05) is 19.8 Å². The van der Waals surface area contributed by atoms with Crippen LogP contribution in [-0.4, -0.2) is 246 Å². The molecule has 0 aromatic heterocycles. The van der Waals surface area contributed by atoms with E-state index < -0.39 is 223 Å². The molecule has 534 valence electrons. The standard InChI is InChI=1S/C69H96O27/c1-31-50(91-58(84)33-16-12-10-13-17-33)52(92-59(85)34-18-14-11-15-19-34)49(81)62(87-31)96-55-56(88-32(2)72)69(30-71)36(26-64(55,3)4)35-20-21-40-66(7)24-23-42(65(5,6)39(66)22-25-67(40,8)68(35,9)27-41(69)74)90-63-54(95-61-47(79)45(77)44(76)38(28-70)89-61)51(48(80)53(94-63)57(82)83)93-60-46(78)43(75)37(73)29-86-60/h10-20,31,36-56,60-63,70-71,73-81H,21-30H2,1-9H3,(H,82,83)/t31-,36-,37+,38+,39-,40+,41+,42-,43-,44-,45-,46+,47+,48-,49+,50-,51-,52-,53-,54+,55-,56-,60-,61-,62-,63+,66-,67+,68+,69-/m0/s1. The summed E-state index contributed by atoms with van der Waals surface area (Å²) < 4.78 is 68.3. The smallest absolute Gasteiger partial charge is 0.338 e. The molecule has 2 aromatic carbocycles. The maximum absolute atomic E-state index is 13.8. The second-order valence-electron chi connectivity index (χ2n) is 30.2. The largest absolute Gasteiger partial charge is 0.479 e. The van der Waals surface area contributed by atoms with Crippen molar-refractivity contribution < 1.29 is 133 Å². The molecule has 5 aliphatic carbocycles. The monoisotopic (exact) mass is 1360 g/mol. The second kappa shape index (κ2) is 27.3. The van der Waals surface area contributed by atoms with Gasteiger partial charge in [0.1, 0.15) is 79.4 Å². The quantitative estimate of drug-likeness (QED) is 0.0489. The summed E-state index contributed by atoms with van der Waals surface area (Å²) in [6.07, 6.45) is -32.7. The molecule has 0 radical (unpaired) electrons. The van der Waals surface area contributed by atoms with Gasteiger partial charge in [-0.1, -0.05) is 96.5 Å². The summed E-state index contributed by atoms with van der Waals surface area (Å²) in [5.74, 6) is -4.77. The average Bonchev–Trinajstić information content (AvgIpc) is 0.669. The fourth-order valence-electron chi connectivity index (χ4n) is 18.7. The molecule has 30 atom stereocenters. The number of hydrogen-bond donors (Lipinski definition) is 12. The molecule has 27 nitrogen and oxygen atoms in total. The first kappa shape index (κ1) is 72.5. The first-order valence-electron chi connectivity index (χ1n) is 33.4. The summed E-state index contributed by atoms with van der Waals surface area (Å²) >= 11 is 0. The van der Waals surface area contributed by atoms with Crippen LogP contribution < -0.4 is 0 Å². The number of fused-ring (bicyclic) bond motifs is 7. The van der Waals surface area contributed by atoms with Gasteiger partial charge in [0.2, 0.25) is 0 Å². The summed E-state index contributed by atoms with van der Waals surface area (Å²) in [5, 5.41) is 135. The first-order valence-corrected chi connectivity index (χ1v) is 33.4. The van der Waals surface area contributed by atoms with Gasteiger partial charge in [-0.15, -0.1) is 0 Å². The predicted octanol–water partition coefficient (Wildman–Crippen LogP) is 1.41. The third-order valence-electron chi connectivity index (χ3n) is 24.1. The number of allylic oxidation sites excluding steroid dienone is 2. The second-order valence-corrected chi connectivity index (χ2v) is 30.2. The molecule has 4 saturated carbocycles. The fourth-order valence-corrected chi connectivity index (χ4v) is 18.7. The van der Waals surface area contributed by atoms with E-state index in [1.54, 1.807) is 55.5 Å². The molecule has 9 aliphatic rings. The van der Waals surface area contributed by atoms with E-state index in [-0.39, 0.29) is 35.8 Å². The van der Waals surface area contributed by atoms with Crippen LogP contribution in [0.1, 0.15) is 128 Å². The van der Waals surface area contributed by atoms with Crippen LogP contribution in [0.5, 0.6) is 0 Å². The van der Waals surface area contributed by atoms with Crippen molar-refractivity contribution in [1.29, 1.82) is 0 Å². The highest BCUT2D eigenvalue weighted by molar-refractivity contribution is 5.90. The van der Waals surface area contributed by atoms with Crippen molar-refractivity contribution in [3.8, 4) is 0 Å². The maximum atomic E-state index is 13.8. The molecule has 96 heavy (non-hydrogen) atoms. The number of rotatable bonds is 16.